The summed E-state index contributed by atoms with van der Waals surface area (Å²) in [5.41, 5.74) is 11.6. The van der Waals surface area contributed by atoms with E-state index < -0.39 is 12.4 Å². The Hall–Kier alpha value is -1.27. The van der Waals surface area contributed by atoms with Crippen LogP contribution in [-0.4, -0.2) is 12.9 Å². The number of halogens is 3. The van der Waals surface area contributed by atoms with E-state index in [1.165, 1.54) is 12.1 Å². The van der Waals surface area contributed by atoms with Gasteiger partial charge in [-0.2, -0.15) is 0 Å². The van der Waals surface area contributed by atoms with Crippen molar-refractivity contribution in [2.24, 2.45) is 11.5 Å². The van der Waals surface area contributed by atoms with Gasteiger partial charge in [-0.25, -0.2) is 0 Å². The zero-order chi connectivity index (χ0) is 13.6. The van der Waals surface area contributed by atoms with Gasteiger partial charge in [-0.3, -0.25) is 0 Å². The van der Waals surface area contributed by atoms with E-state index in [0.717, 1.165) is 12.8 Å². The van der Waals surface area contributed by atoms with Crippen molar-refractivity contribution in [3.8, 4) is 5.75 Å². The summed E-state index contributed by atoms with van der Waals surface area (Å²) in [6.45, 7) is 0.549. The SMILES string of the molecule is NCCCC[C@@H](N)c1ccccc1OC(F)(F)F. The van der Waals surface area contributed by atoms with Crippen LogP contribution >= 0.6 is 0 Å². The van der Waals surface area contributed by atoms with Crippen LogP contribution in [0.1, 0.15) is 30.9 Å². The minimum Gasteiger partial charge on any atom is -0.405 e. The van der Waals surface area contributed by atoms with Crippen molar-refractivity contribution in [1.82, 2.24) is 0 Å². The highest BCUT2D eigenvalue weighted by molar-refractivity contribution is 5.35. The standard InChI is InChI=1S/C12H17F3N2O/c13-12(14,15)18-11-7-2-1-5-9(11)10(17)6-3-4-8-16/h1-2,5,7,10H,3-4,6,8,16-17H2/t10-/m1/s1. The van der Waals surface area contributed by atoms with Crippen LogP contribution in [0.5, 0.6) is 5.75 Å². The Labute approximate surface area is 104 Å². The van der Waals surface area contributed by atoms with Crippen LogP contribution < -0.4 is 16.2 Å². The number of para-hydroxylation sites is 1. The van der Waals surface area contributed by atoms with Crippen molar-refractivity contribution in [3.63, 3.8) is 0 Å². The number of alkyl halides is 3. The van der Waals surface area contributed by atoms with Crippen LogP contribution in [0.3, 0.4) is 0 Å². The lowest BCUT2D eigenvalue weighted by Crippen LogP contribution is -2.20. The molecule has 102 valence electrons. The van der Waals surface area contributed by atoms with Crippen LogP contribution in [0.15, 0.2) is 24.3 Å². The fourth-order valence-corrected chi connectivity index (χ4v) is 1.67. The third-order valence-corrected chi connectivity index (χ3v) is 2.51. The van der Waals surface area contributed by atoms with E-state index in [-0.39, 0.29) is 5.75 Å². The molecule has 0 saturated heterocycles. The zero-order valence-corrected chi connectivity index (χ0v) is 9.91. The molecule has 18 heavy (non-hydrogen) atoms. The summed E-state index contributed by atoms with van der Waals surface area (Å²) in [6, 6.07) is 5.47. The first kappa shape index (κ1) is 14.8. The molecule has 3 nitrogen and oxygen atoms in total. The van der Waals surface area contributed by atoms with E-state index in [0.29, 0.717) is 18.5 Å². The molecule has 0 amide bonds. The Morgan fingerprint density at radius 3 is 2.44 bits per heavy atom. The highest BCUT2D eigenvalue weighted by atomic mass is 19.4. The molecule has 0 saturated carbocycles. The Balaban J connectivity index is 2.74. The lowest BCUT2D eigenvalue weighted by atomic mass is 10.0. The van der Waals surface area contributed by atoms with Crippen LogP contribution in [0, 0.1) is 0 Å². The predicted octanol–water partition coefficient (Wildman–Crippen LogP) is 2.71. The number of nitrogens with two attached hydrogens (primary N) is 2. The predicted molar refractivity (Wildman–Crippen MR) is 63.0 cm³/mol. The molecular formula is C12H17F3N2O. The smallest absolute Gasteiger partial charge is 0.405 e. The summed E-state index contributed by atoms with van der Waals surface area (Å²) in [5.74, 6) is -0.231. The number of hydrogen-bond donors (Lipinski definition) is 2. The first-order valence-electron chi connectivity index (χ1n) is 5.74. The van der Waals surface area contributed by atoms with Gasteiger partial charge in [-0.15, -0.1) is 13.2 Å². The molecule has 0 aliphatic heterocycles. The molecule has 1 aromatic rings. The Morgan fingerprint density at radius 1 is 1.17 bits per heavy atom. The molecule has 0 fully saturated rings. The quantitative estimate of drug-likeness (QED) is 0.775. The van der Waals surface area contributed by atoms with Gasteiger partial charge in [0.15, 0.2) is 0 Å². The minimum atomic E-state index is -4.70. The van der Waals surface area contributed by atoms with Gasteiger partial charge >= 0.3 is 6.36 Å². The third-order valence-electron chi connectivity index (χ3n) is 2.51. The highest BCUT2D eigenvalue weighted by Gasteiger charge is 2.32. The van der Waals surface area contributed by atoms with Gasteiger partial charge in [-0.05, 0) is 25.5 Å². The average Bonchev–Trinajstić information content (AvgIpc) is 2.27. The molecule has 0 aromatic heterocycles. The summed E-state index contributed by atoms with van der Waals surface area (Å²) in [4.78, 5) is 0. The molecular weight excluding hydrogens is 245 g/mol. The maximum Gasteiger partial charge on any atom is 0.573 e. The van der Waals surface area contributed by atoms with Gasteiger partial charge in [0.05, 0.1) is 0 Å². The maximum atomic E-state index is 12.2. The molecule has 1 rings (SSSR count). The van der Waals surface area contributed by atoms with E-state index in [9.17, 15) is 13.2 Å². The first-order chi connectivity index (χ1) is 8.44. The molecule has 0 heterocycles. The number of unbranched alkanes of at least 4 members (excludes halogenated alkanes) is 1. The van der Waals surface area contributed by atoms with E-state index in [1.807, 2.05) is 0 Å². The lowest BCUT2D eigenvalue weighted by Gasteiger charge is -2.17. The topological polar surface area (TPSA) is 61.3 Å². The lowest BCUT2D eigenvalue weighted by molar-refractivity contribution is -0.275. The van der Waals surface area contributed by atoms with Crippen molar-refractivity contribution in [2.75, 3.05) is 6.54 Å². The average molecular weight is 262 g/mol. The van der Waals surface area contributed by atoms with Crippen LogP contribution in [-0.2, 0) is 0 Å². The molecule has 0 aliphatic rings. The molecule has 1 aromatic carbocycles. The molecule has 0 unspecified atom stereocenters. The fourth-order valence-electron chi connectivity index (χ4n) is 1.67. The molecule has 6 heteroatoms. The first-order valence-corrected chi connectivity index (χ1v) is 5.74. The van der Waals surface area contributed by atoms with Gasteiger partial charge in [-0.1, -0.05) is 24.6 Å². The molecule has 0 bridgehead atoms. The van der Waals surface area contributed by atoms with Crippen molar-refractivity contribution >= 4 is 0 Å². The molecule has 4 N–H and O–H groups in total. The Kier molecular flexibility index (Phi) is 5.43. The number of hydrogen-bond acceptors (Lipinski definition) is 3. The number of rotatable bonds is 6. The molecule has 0 radical (unpaired) electrons. The highest BCUT2D eigenvalue weighted by Crippen LogP contribution is 2.31. The van der Waals surface area contributed by atoms with Gasteiger partial charge in [0.2, 0.25) is 0 Å². The molecule has 0 aliphatic carbocycles. The summed E-state index contributed by atoms with van der Waals surface area (Å²) in [5, 5.41) is 0. The summed E-state index contributed by atoms with van der Waals surface area (Å²) >= 11 is 0. The second-order valence-electron chi connectivity index (χ2n) is 3.98. The van der Waals surface area contributed by atoms with Crippen LogP contribution in [0.2, 0.25) is 0 Å². The van der Waals surface area contributed by atoms with E-state index in [2.05, 4.69) is 4.74 Å². The van der Waals surface area contributed by atoms with Gasteiger partial charge in [0, 0.05) is 11.6 Å². The fraction of sp³-hybridized carbons (Fsp3) is 0.500. The Bertz CT molecular complexity index is 369. The Morgan fingerprint density at radius 2 is 1.83 bits per heavy atom. The summed E-state index contributed by atoms with van der Waals surface area (Å²) < 4.78 is 40.6. The number of ether oxygens (including phenoxy) is 1. The summed E-state index contributed by atoms with van der Waals surface area (Å²) in [7, 11) is 0. The molecule has 0 spiro atoms. The largest absolute Gasteiger partial charge is 0.573 e. The number of benzene rings is 1. The van der Waals surface area contributed by atoms with Gasteiger partial charge < -0.3 is 16.2 Å². The van der Waals surface area contributed by atoms with Crippen LogP contribution in [0.25, 0.3) is 0 Å². The minimum absolute atomic E-state index is 0.231. The van der Waals surface area contributed by atoms with Crippen molar-refractivity contribution in [2.45, 2.75) is 31.7 Å². The summed E-state index contributed by atoms with van der Waals surface area (Å²) in [6.07, 6.45) is -2.55. The van der Waals surface area contributed by atoms with Gasteiger partial charge in [0.1, 0.15) is 5.75 Å². The van der Waals surface area contributed by atoms with E-state index in [4.69, 9.17) is 11.5 Å². The van der Waals surface area contributed by atoms with Crippen molar-refractivity contribution in [1.29, 1.82) is 0 Å². The third kappa shape index (κ3) is 4.93. The monoisotopic (exact) mass is 262 g/mol. The van der Waals surface area contributed by atoms with E-state index >= 15 is 0 Å². The maximum absolute atomic E-state index is 12.2. The van der Waals surface area contributed by atoms with E-state index in [1.54, 1.807) is 12.1 Å². The van der Waals surface area contributed by atoms with Crippen LogP contribution in [0.4, 0.5) is 13.2 Å². The second kappa shape index (κ2) is 6.61. The zero-order valence-electron chi connectivity index (χ0n) is 9.91. The second-order valence-corrected chi connectivity index (χ2v) is 3.98. The normalized spacial score (nSPS) is 13.4. The van der Waals surface area contributed by atoms with Gasteiger partial charge in [0.25, 0.3) is 0 Å². The van der Waals surface area contributed by atoms with Crippen molar-refractivity contribution < 1.29 is 17.9 Å². The van der Waals surface area contributed by atoms with Crippen molar-refractivity contribution in [3.05, 3.63) is 29.8 Å². The molecule has 1 atom stereocenters.